The fourth-order valence-corrected chi connectivity index (χ4v) is 2.94. The van der Waals surface area contributed by atoms with Crippen LogP contribution in [0.2, 0.25) is 5.02 Å². The number of benzene rings is 2. The molecule has 0 radical (unpaired) electrons. The summed E-state index contributed by atoms with van der Waals surface area (Å²) in [7, 11) is 0. The molecule has 2 aromatic heterocycles. The van der Waals surface area contributed by atoms with Gasteiger partial charge in [-0.05, 0) is 24.3 Å². The molecule has 0 spiro atoms. The minimum absolute atomic E-state index is 0.0466. The van der Waals surface area contributed by atoms with E-state index in [4.69, 9.17) is 22.7 Å². The van der Waals surface area contributed by atoms with Crippen molar-refractivity contribution in [2.45, 2.75) is 0 Å². The Hall–Kier alpha value is -3.18. The van der Waals surface area contributed by atoms with Crippen LogP contribution in [0.4, 0.5) is 0 Å². The van der Waals surface area contributed by atoms with Crippen LogP contribution < -0.4 is 5.73 Å². The Morgan fingerprint density at radius 3 is 2.44 bits per heavy atom. The van der Waals surface area contributed by atoms with Crippen molar-refractivity contribution < 1.29 is 0 Å². The number of aromatic nitrogens is 3. The number of rotatable bonds is 3. The topological polar surface area (TPSA) is 80.1 Å². The number of nitrogens with one attached hydrogen (secondary N) is 1. The first kappa shape index (κ1) is 15.4. The Morgan fingerprint density at radius 1 is 0.960 bits per heavy atom. The van der Waals surface area contributed by atoms with Gasteiger partial charge in [0.2, 0.25) is 0 Å². The van der Waals surface area contributed by atoms with Crippen molar-refractivity contribution in [3.63, 3.8) is 0 Å². The molecule has 2 heterocycles. The third-order valence-electron chi connectivity index (χ3n) is 3.93. The summed E-state index contributed by atoms with van der Waals surface area (Å²) in [5.41, 5.74) is 9.50. The molecule has 2 aromatic carbocycles. The highest BCUT2D eigenvalue weighted by Crippen LogP contribution is 2.26. The second-order valence-corrected chi connectivity index (χ2v) is 6.03. The summed E-state index contributed by atoms with van der Waals surface area (Å²) in [4.78, 5) is 4.60. The summed E-state index contributed by atoms with van der Waals surface area (Å²) < 4.78 is 1.72. The maximum absolute atomic E-state index is 7.82. The van der Waals surface area contributed by atoms with Gasteiger partial charge in [0.15, 0.2) is 11.5 Å². The van der Waals surface area contributed by atoms with Gasteiger partial charge in [-0.2, -0.15) is 0 Å². The Labute approximate surface area is 149 Å². The van der Waals surface area contributed by atoms with Crippen LogP contribution in [-0.2, 0) is 0 Å². The van der Waals surface area contributed by atoms with Gasteiger partial charge in [0, 0.05) is 16.1 Å². The summed E-state index contributed by atoms with van der Waals surface area (Å²) >= 11 is 6.09. The van der Waals surface area contributed by atoms with Crippen molar-refractivity contribution in [3.05, 3.63) is 77.3 Å². The van der Waals surface area contributed by atoms with Gasteiger partial charge in [-0.3, -0.25) is 5.41 Å². The lowest BCUT2D eigenvalue weighted by molar-refractivity contribution is 0.972. The standard InChI is InChI=1S/C19H14ClN5/c20-14-8-4-7-13(11-14)18-23-19-15(17(21)22)9-10-16(25(19)24-18)12-5-2-1-3-6-12/h1-11H,(H3,21,22). The molecule has 4 rings (SSSR count). The lowest BCUT2D eigenvalue weighted by Crippen LogP contribution is -2.13. The Morgan fingerprint density at radius 2 is 1.72 bits per heavy atom. The first-order valence-electron chi connectivity index (χ1n) is 7.69. The number of pyridine rings is 1. The van der Waals surface area contributed by atoms with E-state index >= 15 is 0 Å². The van der Waals surface area contributed by atoms with Gasteiger partial charge in [0.1, 0.15) is 5.84 Å². The average Bonchev–Trinajstić information content (AvgIpc) is 3.06. The zero-order valence-corrected chi connectivity index (χ0v) is 13.9. The zero-order valence-electron chi connectivity index (χ0n) is 13.1. The summed E-state index contributed by atoms with van der Waals surface area (Å²) in [6.07, 6.45) is 0. The molecule has 122 valence electrons. The summed E-state index contributed by atoms with van der Waals surface area (Å²) in [6, 6.07) is 21.0. The molecule has 4 aromatic rings. The molecule has 0 atom stereocenters. The maximum atomic E-state index is 7.82. The van der Waals surface area contributed by atoms with Crippen LogP contribution in [0.15, 0.2) is 66.7 Å². The number of nitrogen functional groups attached to an aromatic ring is 1. The number of halogens is 1. The third kappa shape index (κ3) is 2.75. The van der Waals surface area contributed by atoms with E-state index in [0.29, 0.717) is 22.1 Å². The van der Waals surface area contributed by atoms with Crippen molar-refractivity contribution in [1.82, 2.24) is 14.6 Å². The van der Waals surface area contributed by atoms with Crippen molar-refractivity contribution >= 4 is 23.1 Å². The van der Waals surface area contributed by atoms with Crippen LogP contribution in [0, 0.1) is 5.41 Å². The monoisotopic (exact) mass is 347 g/mol. The van der Waals surface area contributed by atoms with Crippen LogP contribution in [0.1, 0.15) is 5.56 Å². The SMILES string of the molecule is N=C(N)c1ccc(-c2ccccc2)n2nc(-c3cccc(Cl)c3)nc12. The Kier molecular flexibility index (Phi) is 3.71. The molecule has 6 heteroatoms. The molecule has 0 unspecified atom stereocenters. The fraction of sp³-hybridized carbons (Fsp3) is 0. The number of hydrogen-bond acceptors (Lipinski definition) is 3. The number of fused-ring (bicyclic) bond motifs is 1. The first-order valence-corrected chi connectivity index (χ1v) is 8.07. The first-order chi connectivity index (χ1) is 12.1. The largest absolute Gasteiger partial charge is 0.384 e. The highest BCUT2D eigenvalue weighted by molar-refractivity contribution is 6.30. The zero-order chi connectivity index (χ0) is 17.4. The molecule has 0 amide bonds. The van der Waals surface area contributed by atoms with Gasteiger partial charge in [-0.1, -0.05) is 54.1 Å². The van der Waals surface area contributed by atoms with E-state index in [1.54, 1.807) is 16.6 Å². The van der Waals surface area contributed by atoms with Gasteiger partial charge in [-0.15, -0.1) is 5.10 Å². The van der Waals surface area contributed by atoms with Crippen molar-refractivity contribution in [2.24, 2.45) is 5.73 Å². The number of amidine groups is 1. The highest BCUT2D eigenvalue weighted by Gasteiger charge is 2.15. The predicted molar refractivity (Wildman–Crippen MR) is 99.9 cm³/mol. The molecule has 0 aliphatic heterocycles. The van der Waals surface area contributed by atoms with Gasteiger partial charge in [0.25, 0.3) is 0 Å². The van der Waals surface area contributed by atoms with Gasteiger partial charge in [0.05, 0.1) is 11.3 Å². The van der Waals surface area contributed by atoms with E-state index in [9.17, 15) is 0 Å². The second-order valence-electron chi connectivity index (χ2n) is 5.59. The summed E-state index contributed by atoms with van der Waals surface area (Å²) in [5.74, 6) is 0.489. The van der Waals surface area contributed by atoms with Gasteiger partial charge < -0.3 is 5.73 Å². The van der Waals surface area contributed by atoms with Gasteiger partial charge >= 0.3 is 0 Å². The number of hydrogen-bond donors (Lipinski definition) is 2. The molecule has 3 N–H and O–H groups in total. The minimum Gasteiger partial charge on any atom is -0.384 e. The molecule has 0 bridgehead atoms. The van der Waals surface area contributed by atoms with Crippen LogP contribution >= 0.6 is 11.6 Å². The van der Waals surface area contributed by atoms with E-state index < -0.39 is 0 Å². The lowest BCUT2D eigenvalue weighted by Gasteiger charge is -2.07. The number of nitrogens with zero attached hydrogens (tertiary/aromatic N) is 3. The van der Waals surface area contributed by atoms with Crippen molar-refractivity contribution in [3.8, 4) is 22.6 Å². The molecule has 0 saturated carbocycles. The van der Waals surface area contributed by atoms with Crippen molar-refractivity contribution in [2.75, 3.05) is 0 Å². The van der Waals surface area contributed by atoms with Crippen LogP contribution in [0.25, 0.3) is 28.3 Å². The number of nitrogens with two attached hydrogens (primary N) is 1. The predicted octanol–water partition coefficient (Wildman–Crippen LogP) is 4.00. The Balaban J connectivity index is 2.00. The molecular formula is C19H14ClN5. The molecule has 0 fully saturated rings. The average molecular weight is 348 g/mol. The molecular weight excluding hydrogens is 334 g/mol. The Bertz CT molecular complexity index is 1090. The third-order valence-corrected chi connectivity index (χ3v) is 4.16. The quantitative estimate of drug-likeness (QED) is 0.434. The molecule has 0 saturated heterocycles. The van der Waals surface area contributed by atoms with Crippen LogP contribution in [0.3, 0.4) is 0 Å². The van der Waals surface area contributed by atoms with Crippen LogP contribution in [-0.4, -0.2) is 20.4 Å². The fourth-order valence-electron chi connectivity index (χ4n) is 2.75. The van der Waals surface area contributed by atoms with Crippen molar-refractivity contribution in [1.29, 1.82) is 5.41 Å². The van der Waals surface area contributed by atoms with E-state index in [1.807, 2.05) is 54.6 Å². The molecule has 5 nitrogen and oxygen atoms in total. The molecule has 0 aliphatic rings. The highest BCUT2D eigenvalue weighted by atomic mass is 35.5. The minimum atomic E-state index is -0.0466. The normalized spacial score (nSPS) is 10.9. The smallest absolute Gasteiger partial charge is 0.182 e. The lowest BCUT2D eigenvalue weighted by atomic mass is 10.1. The second kappa shape index (κ2) is 6.03. The van der Waals surface area contributed by atoms with E-state index in [1.165, 1.54) is 0 Å². The van der Waals surface area contributed by atoms with E-state index in [2.05, 4.69) is 10.1 Å². The van der Waals surface area contributed by atoms with Gasteiger partial charge in [-0.25, -0.2) is 9.50 Å². The molecule has 25 heavy (non-hydrogen) atoms. The summed E-state index contributed by atoms with van der Waals surface area (Å²) in [5, 5.41) is 13.1. The summed E-state index contributed by atoms with van der Waals surface area (Å²) in [6.45, 7) is 0. The molecule has 0 aliphatic carbocycles. The van der Waals surface area contributed by atoms with E-state index in [0.717, 1.165) is 16.8 Å². The van der Waals surface area contributed by atoms with Crippen LogP contribution in [0.5, 0.6) is 0 Å². The maximum Gasteiger partial charge on any atom is 0.182 e. The van der Waals surface area contributed by atoms with E-state index in [-0.39, 0.29) is 5.84 Å².